The third kappa shape index (κ3) is 3.73. The normalized spacial score (nSPS) is 15.5. The molecule has 0 aliphatic carbocycles. The standard InChI is InChI=1S/C20H20OS2/c1-14-8-10-17(11-9-14)19(16-6-4-3-5-7-16)18(15(2)21)20-22-12-13-23-20/h3-11,19H,12-13H2,1-2H3. The van der Waals surface area contributed by atoms with E-state index in [-0.39, 0.29) is 11.7 Å². The van der Waals surface area contributed by atoms with Gasteiger partial charge < -0.3 is 0 Å². The molecule has 3 rings (SSSR count). The Kier molecular flexibility index (Phi) is 5.29. The summed E-state index contributed by atoms with van der Waals surface area (Å²) in [5.41, 5.74) is 4.56. The van der Waals surface area contributed by atoms with Gasteiger partial charge in [0.1, 0.15) is 0 Å². The highest BCUT2D eigenvalue weighted by atomic mass is 32.2. The molecule has 2 aromatic carbocycles. The predicted molar refractivity (Wildman–Crippen MR) is 102 cm³/mol. The number of carbonyl (C=O) groups is 1. The van der Waals surface area contributed by atoms with E-state index >= 15 is 0 Å². The number of carbonyl (C=O) groups excluding carboxylic acids is 1. The third-order valence-electron chi connectivity index (χ3n) is 3.98. The molecule has 0 spiro atoms. The summed E-state index contributed by atoms with van der Waals surface area (Å²) in [6.07, 6.45) is 0. The quantitative estimate of drug-likeness (QED) is 0.693. The Morgan fingerprint density at radius 2 is 1.48 bits per heavy atom. The van der Waals surface area contributed by atoms with Crippen molar-refractivity contribution < 1.29 is 4.79 Å². The van der Waals surface area contributed by atoms with Gasteiger partial charge in [0.05, 0.1) is 0 Å². The second-order valence-electron chi connectivity index (χ2n) is 5.71. The summed E-state index contributed by atoms with van der Waals surface area (Å²) in [7, 11) is 0. The second kappa shape index (κ2) is 7.41. The zero-order chi connectivity index (χ0) is 16.2. The predicted octanol–water partition coefficient (Wildman–Crippen LogP) is 5.41. The van der Waals surface area contributed by atoms with Gasteiger partial charge in [-0.05, 0) is 25.0 Å². The monoisotopic (exact) mass is 340 g/mol. The maximum Gasteiger partial charge on any atom is 0.158 e. The highest BCUT2D eigenvalue weighted by Crippen LogP contribution is 2.45. The molecule has 1 saturated heterocycles. The first kappa shape index (κ1) is 16.4. The van der Waals surface area contributed by atoms with E-state index < -0.39 is 0 Å². The first-order valence-electron chi connectivity index (χ1n) is 7.79. The summed E-state index contributed by atoms with van der Waals surface area (Å²) in [4.78, 5) is 12.5. The Morgan fingerprint density at radius 1 is 0.913 bits per heavy atom. The average molecular weight is 341 g/mol. The lowest BCUT2D eigenvalue weighted by Gasteiger charge is -2.22. The Hall–Kier alpha value is -1.45. The summed E-state index contributed by atoms with van der Waals surface area (Å²) in [6, 6.07) is 18.9. The lowest BCUT2D eigenvalue weighted by Crippen LogP contribution is -2.12. The highest BCUT2D eigenvalue weighted by molar-refractivity contribution is 8.25. The Morgan fingerprint density at radius 3 is 2.04 bits per heavy atom. The lowest BCUT2D eigenvalue weighted by atomic mass is 9.84. The molecule has 118 valence electrons. The van der Waals surface area contributed by atoms with Crippen molar-refractivity contribution in [1.82, 2.24) is 0 Å². The van der Waals surface area contributed by atoms with Crippen LogP contribution in [0.3, 0.4) is 0 Å². The molecule has 0 aromatic heterocycles. The molecule has 0 saturated carbocycles. The average Bonchev–Trinajstić information content (AvgIpc) is 3.08. The topological polar surface area (TPSA) is 17.1 Å². The molecule has 1 unspecified atom stereocenters. The molecule has 0 amide bonds. The number of thioether (sulfide) groups is 2. The van der Waals surface area contributed by atoms with Gasteiger partial charge in [0.2, 0.25) is 0 Å². The van der Waals surface area contributed by atoms with Gasteiger partial charge in [0.15, 0.2) is 5.78 Å². The van der Waals surface area contributed by atoms with Gasteiger partial charge in [-0.25, -0.2) is 0 Å². The van der Waals surface area contributed by atoms with Crippen LogP contribution in [0.15, 0.2) is 64.4 Å². The van der Waals surface area contributed by atoms with E-state index in [1.165, 1.54) is 20.9 Å². The van der Waals surface area contributed by atoms with Gasteiger partial charge in [0, 0.05) is 27.2 Å². The summed E-state index contributed by atoms with van der Waals surface area (Å²) in [5.74, 6) is 2.37. The van der Waals surface area contributed by atoms with Crippen molar-refractivity contribution in [3.8, 4) is 0 Å². The van der Waals surface area contributed by atoms with Crippen LogP contribution >= 0.6 is 23.5 Å². The molecule has 1 aliphatic heterocycles. The van der Waals surface area contributed by atoms with Crippen LogP contribution in [-0.4, -0.2) is 17.3 Å². The van der Waals surface area contributed by atoms with Crippen LogP contribution in [-0.2, 0) is 4.79 Å². The van der Waals surface area contributed by atoms with Crippen molar-refractivity contribution in [2.45, 2.75) is 19.8 Å². The van der Waals surface area contributed by atoms with Gasteiger partial charge in [-0.15, -0.1) is 23.5 Å². The van der Waals surface area contributed by atoms with Crippen molar-refractivity contribution >= 4 is 29.3 Å². The summed E-state index contributed by atoms with van der Waals surface area (Å²) in [5, 5.41) is 0. The zero-order valence-electron chi connectivity index (χ0n) is 13.4. The molecule has 1 aliphatic rings. The smallest absolute Gasteiger partial charge is 0.158 e. The number of aryl methyl sites for hydroxylation is 1. The molecule has 23 heavy (non-hydrogen) atoms. The van der Waals surface area contributed by atoms with Crippen LogP contribution in [0.4, 0.5) is 0 Å². The summed E-state index contributed by atoms with van der Waals surface area (Å²) in [6.45, 7) is 3.79. The largest absolute Gasteiger partial charge is 0.295 e. The lowest BCUT2D eigenvalue weighted by molar-refractivity contribution is -0.113. The van der Waals surface area contributed by atoms with Crippen molar-refractivity contribution in [2.75, 3.05) is 11.5 Å². The van der Waals surface area contributed by atoms with E-state index in [1.807, 2.05) is 41.7 Å². The minimum atomic E-state index is 0.0161. The molecule has 0 radical (unpaired) electrons. The molecule has 0 N–H and O–H groups in total. The third-order valence-corrected chi connectivity index (χ3v) is 6.73. The maximum atomic E-state index is 12.5. The van der Waals surface area contributed by atoms with E-state index in [0.29, 0.717) is 0 Å². The van der Waals surface area contributed by atoms with Gasteiger partial charge in [0.25, 0.3) is 0 Å². The fraction of sp³-hybridized carbons (Fsp3) is 0.250. The number of ketones is 1. The maximum absolute atomic E-state index is 12.5. The number of rotatable bonds is 4. The van der Waals surface area contributed by atoms with Gasteiger partial charge >= 0.3 is 0 Å². The molecule has 2 aromatic rings. The molecule has 3 heteroatoms. The van der Waals surface area contributed by atoms with Gasteiger partial charge in [-0.3, -0.25) is 4.79 Å². The van der Waals surface area contributed by atoms with Crippen molar-refractivity contribution in [3.05, 3.63) is 81.1 Å². The SMILES string of the molecule is CC(=O)C(=C1SCCS1)C(c1ccccc1)c1ccc(C)cc1. The number of benzene rings is 2. The molecule has 1 nitrogen and oxygen atoms in total. The molecular formula is C20H20OS2. The van der Waals surface area contributed by atoms with Crippen molar-refractivity contribution in [3.63, 3.8) is 0 Å². The molecule has 1 atom stereocenters. The Bertz CT molecular complexity index is 709. The van der Waals surface area contributed by atoms with Gasteiger partial charge in [-0.1, -0.05) is 60.2 Å². The van der Waals surface area contributed by atoms with Crippen LogP contribution in [0.25, 0.3) is 0 Å². The Balaban J connectivity index is 2.16. The van der Waals surface area contributed by atoms with E-state index in [2.05, 4.69) is 43.3 Å². The van der Waals surface area contributed by atoms with Crippen LogP contribution < -0.4 is 0 Å². The Labute approximate surface area is 146 Å². The first-order valence-corrected chi connectivity index (χ1v) is 9.76. The number of Topliss-reactive ketones (excluding diaryl/α,β-unsaturated/α-hetero) is 1. The molecule has 1 fully saturated rings. The first-order chi connectivity index (χ1) is 11.2. The molecular weight excluding hydrogens is 320 g/mol. The van der Waals surface area contributed by atoms with Crippen LogP contribution in [0.2, 0.25) is 0 Å². The minimum Gasteiger partial charge on any atom is -0.295 e. The van der Waals surface area contributed by atoms with Crippen LogP contribution in [0.5, 0.6) is 0 Å². The van der Waals surface area contributed by atoms with Gasteiger partial charge in [-0.2, -0.15) is 0 Å². The zero-order valence-corrected chi connectivity index (χ0v) is 15.0. The molecule has 1 heterocycles. The van der Waals surface area contributed by atoms with E-state index in [0.717, 1.165) is 17.1 Å². The number of hydrogen-bond acceptors (Lipinski definition) is 3. The van der Waals surface area contributed by atoms with Crippen LogP contribution in [0, 0.1) is 6.92 Å². The van der Waals surface area contributed by atoms with E-state index in [4.69, 9.17) is 0 Å². The van der Waals surface area contributed by atoms with E-state index in [9.17, 15) is 4.79 Å². The van der Waals surface area contributed by atoms with Crippen molar-refractivity contribution in [1.29, 1.82) is 0 Å². The highest BCUT2D eigenvalue weighted by Gasteiger charge is 2.27. The second-order valence-corrected chi connectivity index (χ2v) is 8.18. The summed E-state index contributed by atoms with van der Waals surface area (Å²) < 4.78 is 1.20. The van der Waals surface area contributed by atoms with Crippen LogP contribution in [0.1, 0.15) is 29.5 Å². The fourth-order valence-corrected chi connectivity index (χ4v) is 5.57. The minimum absolute atomic E-state index is 0.0161. The van der Waals surface area contributed by atoms with Crippen molar-refractivity contribution in [2.24, 2.45) is 0 Å². The fourth-order valence-electron chi connectivity index (χ4n) is 2.86. The number of allylic oxidation sites excluding steroid dienone is 1. The summed E-state index contributed by atoms with van der Waals surface area (Å²) >= 11 is 3.64. The number of hydrogen-bond donors (Lipinski definition) is 0. The molecule has 0 bridgehead atoms. The van der Waals surface area contributed by atoms with E-state index in [1.54, 1.807) is 6.92 Å².